The number of carbonyl (C=O) groups is 1. The maximum atomic E-state index is 13.2. The molecule has 0 saturated heterocycles. The van der Waals surface area contributed by atoms with Crippen LogP contribution in [-0.2, 0) is 11.3 Å². The highest BCUT2D eigenvalue weighted by Gasteiger charge is 2.22. The van der Waals surface area contributed by atoms with Gasteiger partial charge in [0.2, 0.25) is 5.91 Å². The molecule has 0 aliphatic carbocycles. The summed E-state index contributed by atoms with van der Waals surface area (Å²) < 4.78 is 26.4. The van der Waals surface area contributed by atoms with Gasteiger partial charge in [-0.3, -0.25) is 9.69 Å². The third kappa shape index (κ3) is 4.60. The molecular weight excluding hydrogens is 298 g/mol. The van der Waals surface area contributed by atoms with Crippen molar-refractivity contribution in [1.82, 2.24) is 10.2 Å². The van der Waals surface area contributed by atoms with Crippen LogP contribution in [0.15, 0.2) is 42.5 Å². The first kappa shape index (κ1) is 17.1. The first-order valence-corrected chi connectivity index (χ1v) is 7.32. The molecule has 122 valence electrons. The minimum Gasteiger partial charge on any atom is -0.350 e. The number of carbonyl (C=O) groups excluding carboxylic acids is 1. The molecular formula is C18H20F2N2O. The van der Waals surface area contributed by atoms with E-state index < -0.39 is 17.7 Å². The fourth-order valence-corrected chi connectivity index (χ4v) is 2.52. The number of nitrogens with zero attached hydrogens (tertiary/aromatic N) is 1. The Balaban J connectivity index is 2.13. The summed E-state index contributed by atoms with van der Waals surface area (Å²) >= 11 is 0. The summed E-state index contributed by atoms with van der Waals surface area (Å²) in [7, 11) is 3.63. The lowest BCUT2D eigenvalue weighted by Crippen LogP contribution is -2.36. The Hall–Kier alpha value is -2.27. The predicted octanol–water partition coefficient (Wildman–Crippen LogP) is 3.19. The summed E-state index contributed by atoms with van der Waals surface area (Å²) in [6.45, 7) is 2.04. The van der Waals surface area contributed by atoms with Crippen molar-refractivity contribution in [3.8, 4) is 0 Å². The standard InChI is InChI=1S/C18H20F2N2O/c1-12-5-4-6-14(7-12)17(22(2)3)18(23)21-11-13-8-15(19)10-16(20)9-13/h4-10,17H,11H2,1-3H3,(H,21,23). The van der Waals surface area contributed by atoms with E-state index in [0.717, 1.165) is 17.2 Å². The Morgan fingerprint density at radius 3 is 2.35 bits per heavy atom. The molecule has 1 unspecified atom stereocenters. The van der Waals surface area contributed by atoms with E-state index in [1.165, 1.54) is 12.1 Å². The van der Waals surface area contributed by atoms with Gasteiger partial charge in [-0.15, -0.1) is 0 Å². The Bertz CT molecular complexity index is 681. The van der Waals surface area contributed by atoms with Gasteiger partial charge in [-0.1, -0.05) is 29.8 Å². The molecule has 5 heteroatoms. The van der Waals surface area contributed by atoms with Gasteiger partial charge in [0.15, 0.2) is 0 Å². The first-order valence-electron chi connectivity index (χ1n) is 7.32. The highest BCUT2D eigenvalue weighted by molar-refractivity contribution is 5.83. The van der Waals surface area contributed by atoms with Gasteiger partial charge in [0.1, 0.15) is 17.7 Å². The van der Waals surface area contributed by atoms with E-state index >= 15 is 0 Å². The molecule has 1 N–H and O–H groups in total. The normalized spacial score (nSPS) is 12.3. The minimum absolute atomic E-state index is 0.0731. The van der Waals surface area contributed by atoms with Crippen LogP contribution in [0.25, 0.3) is 0 Å². The zero-order valence-corrected chi connectivity index (χ0v) is 13.4. The van der Waals surface area contributed by atoms with Crippen molar-refractivity contribution in [2.24, 2.45) is 0 Å². The average molecular weight is 318 g/mol. The van der Waals surface area contributed by atoms with Gasteiger partial charge >= 0.3 is 0 Å². The molecule has 0 aliphatic heterocycles. The second kappa shape index (κ2) is 7.33. The average Bonchev–Trinajstić information content (AvgIpc) is 2.44. The Kier molecular flexibility index (Phi) is 5.45. The van der Waals surface area contributed by atoms with Crippen molar-refractivity contribution in [3.05, 3.63) is 70.8 Å². The molecule has 1 amide bonds. The van der Waals surface area contributed by atoms with Crippen molar-refractivity contribution in [3.63, 3.8) is 0 Å². The quantitative estimate of drug-likeness (QED) is 0.918. The third-order valence-corrected chi connectivity index (χ3v) is 3.51. The molecule has 0 radical (unpaired) electrons. The van der Waals surface area contributed by atoms with Crippen LogP contribution in [0, 0.1) is 18.6 Å². The largest absolute Gasteiger partial charge is 0.350 e. The van der Waals surface area contributed by atoms with E-state index in [-0.39, 0.29) is 12.5 Å². The van der Waals surface area contributed by atoms with Crippen molar-refractivity contribution < 1.29 is 13.6 Å². The Labute approximate surface area is 134 Å². The molecule has 0 aromatic heterocycles. The van der Waals surface area contributed by atoms with E-state index in [1.807, 2.05) is 45.3 Å². The number of benzene rings is 2. The summed E-state index contributed by atoms with van der Waals surface area (Å²) in [6.07, 6.45) is 0. The second-order valence-electron chi connectivity index (χ2n) is 5.78. The molecule has 23 heavy (non-hydrogen) atoms. The van der Waals surface area contributed by atoms with E-state index in [4.69, 9.17) is 0 Å². The van der Waals surface area contributed by atoms with Crippen molar-refractivity contribution in [2.75, 3.05) is 14.1 Å². The van der Waals surface area contributed by atoms with Crippen molar-refractivity contribution in [1.29, 1.82) is 0 Å². The van der Waals surface area contributed by atoms with Gasteiger partial charge in [-0.2, -0.15) is 0 Å². The van der Waals surface area contributed by atoms with Gasteiger partial charge < -0.3 is 5.32 Å². The number of hydrogen-bond acceptors (Lipinski definition) is 2. The maximum Gasteiger partial charge on any atom is 0.242 e. The minimum atomic E-state index is -0.655. The summed E-state index contributed by atoms with van der Waals surface area (Å²) in [4.78, 5) is 14.3. The molecule has 0 saturated carbocycles. The van der Waals surface area contributed by atoms with Crippen LogP contribution in [0.4, 0.5) is 8.78 Å². The highest BCUT2D eigenvalue weighted by atomic mass is 19.1. The molecule has 0 bridgehead atoms. The van der Waals surface area contributed by atoms with Crippen LogP contribution < -0.4 is 5.32 Å². The van der Waals surface area contributed by atoms with Crippen LogP contribution in [-0.4, -0.2) is 24.9 Å². The fourth-order valence-electron chi connectivity index (χ4n) is 2.52. The molecule has 0 spiro atoms. The summed E-state index contributed by atoms with van der Waals surface area (Å²) in [6, 6.07) is 10.5. The third-order valence-electron chi connectivity index (χ3n) is 3.51. The van der Waals surface area contributed by atoms with Crippen LogP contribution in [0.2, 0.25) is 0 Å². The van der Waals surface area contributed by atoms with Gasteiger partial charge in [-0.25, -0.2) is 8.78 Å². The van der Waals surface area contributed by atoms with E-state index in [2.05, 4.69) is 5.32 Å². The van der Waals surface area contributed by atoms with Crippen LogP contribution >= 0.6 is 0 Å². The molecule has 2 aromatic carbocycles. The van der Waals surface area contributed by atoms with E-state index in [1.54, 1.807) is 4.90 Å². The molecule has 2 aromatic rings. The lowest BCUT2D eigenvalue weighted by atomic mass is 10.0. The van der Waals surface area contributed by atoms with Crippen LogP contribution in [0.1, 0.15) is 22.7 Å². The maximum absolute atomic E-state index is 13.2. The van der Waals surface area contributed by atoms with Crippen molar-refractivity contribution >= 4 is 5.91 Å². The number of halogens is 2. The highest BCUT2D eigenvalue weighted by Crippen LogP contribution is 2.20. The van der Waals surface area contributed by atoms with Crippen molar-refractivity contribution in [2.45, 2.75) is 19.5 Å². The van der Waals surface area contributed by atoms with Gasteiger partial charge in [0, 0.05) is 12.6 Å². The summed E-state index contributed by atoms with van der Waals surface area (Å²) in [5.41, 5.74) is 2.32. The van der Waals surface area contributed by atoms with E-state index in [9.17, 15) is 13.6 Å². The predicted molar refractivity (Wildman–Crippen MR) is 85.8 cm³/mol. The van der Waals surface area contributed by atoms with Crippen LogP contribution in [0.5, 0.6) is 0 Å². The zero-order valence-electron chi connectivity index (χ0n) is 13.4. The fraction of sp³-hybridized carbons (Fsp3) is 0.278. The van der Waals surface area contributed by atoms with Gasteiger partial charge in [0.25, 0.3) is 0 Å². The zero-order chi connectivity index (χ0) is 17.0. The van der Waals surface area contributed by atoms with E-state index in [0.29, 0.717) is 5.56 Å². The summed E-state index contributed by atoms with van der Waals surface area (Å²) in [5, 5.41) is 2.74. The molecule has 0 aliphatic rings. The Morgan fingerprint density at radius 1 is 1.13 bits per heavy atom. The number of amides is 1. The van der Waals surface area contributed by atoms with Crippen LogP contribution in [0.3, 0.4) is 0 Å². The molecule has 0 heterocycles. The lowest BCUT2D eigenvalue weighted by Gasteiger charge is -2.24. The number of aryl methyl sites for hydroxylation is 1. The number of likely N-dealkylation sites (N-methyl/N-ethyl adjacent to an activating group) is 1. The molecule has 3 nitrogen and oxygen atoms in total. The first-order chi connectivity index (χ1) is 10.9. The topological polar surface area (TPSA) is 32.3 Å². The molecule has 0 fully saturated rings. The number of nitrogens with one attached hydrogen (secondary N) is 1. The molecule has 1 atom stereocenters. The summed E-state index contributed by atoms with van der Waals surface area (Å²) in [5.74, 6) is -1.53. The SMILES string of the molecule is Cc1cccc(C(C(=O)NCc2cc(F)cc(F)c2)N(C)C)c1. The second-order valence-corrected chi connectivity index (χ2v) is 5.78. The number of rotatable bonds is 5. The molecule has 2 rings (SSSR count). The van der Waals surface area contributed by atoms with Gasteiger partial charge in [-0.05, 0) is 44.3 Å². The Morgan fingerprint density at radius 2 is 1.78 bits per heavy atom. The smallest absolute Gasteiger partial charge is 0.242 e. The monoisotopic (exact) mass is 318 g/mol. The lowest BCUT2D eigenvalue weighted by molar-refractivity contribution is -0.125. The number of hydrogen-bond donors (Lipinski definition) is 1. The van der Waals surface area contributed by atoms with Gasteiger partial charge in [0.05, 0.1) is 0 Å².